The van der Waals surface area contributed by atoms with Crippen LogP contribution in [0.1, 0.15) is 41.7 Å². The normalized spacial score (nSPS) is 24.0. The van der Waals surface area contributed by atoms with E-state index in [4.69, 9.17) is 4.74 Å². The molecule has 2 atom stereocenters. The van der Waals surface area contributed by atoms with Gasteiger partial charge in [0.2, 0.25) is 0 Å². The number of carbonyl (C=O) groups is 1. The average molecular weight is 369 g/mol. The lowest BCUT2D eigenvalue weighted by Crippen LogP contribution is -2.60. The van der Waals surface area contributed by atoms with Gasteiger partial charge in [0, 0.05) is 57.9 Å². The third kappa shape index (κ3) is 3.49. The zero-order valence-corrected chi connectivity index (χ0v) is 16.0. The van der Waals surface area contributed by atoms with Gasteiger partial charge in [-0.1, -0.05) is 6.07 Å². The summed E-state index contributed by atoms with van der Waals surface area (Å²) in [6, 6.07) is 4.85. The van der Waals surface area contributed by atoms with E-state index in [0.29, 0.717) is 11.6 Å². The van der Waals surface area contributed by atoms with Crippen LogP contribution in [0.4, 0.5) is 0 Å². The van der Waals surface area contributed by atoms with E-state index in [-0.39, 0.29) is 18.1 Å². The van der Waals surface area contributed by atoms with Crippen LogP contribution in [0.15, 0.2) is 36.9 Å². The Labute approximate surface area is 159 Å². The fraction of sp³-hybridized carbons (Fsp3) is 0.550. The number of amides is 1. The zero-order valence-electron chi connectivity index (χ0n) is 16.0. The van der Waals surface area contributed by atoms with E-state index in [1.807, 2.05) is 30.3 Å². The first-order valence-electron chi connectivity index (χ1n) is 9.71. The molecule has 4 heterocycles. The minimum atomic E-state index is 0.0929. The van der Waals surface area contributed by atoms with Crippen molar-refractivity contribution in [1.82, 2.24) is 24.6 Å². The van der Waals surface area contributed by atoms with E-state index in [1.54, 1.807) is 24.2 Å². The minimum absolute atomic E-state index is 0.0929. The number of carbonyl (C=O) groups excluding carboxylic acids is 1. The third-order valence-corrected chi connectivity index (χ3v) is 5.85. The zero-order chi connectivity index (χ0) is 18.8. The van der Waals surface area contributed by atoms with Crippen molar-refractivity contribution in [2.75, 3.05) is 26.7 Å². The van der Waals surface area contributed by atoms with Gasteiger partial charge in [-0.3, -0.25) is 19.4 Å². The van der Waals surface area contributed by atoms with Crippen LogP contribution < -0.4 is 0 Å². The highest BCUT2D eigenvalue weighted by Gasteiger charge is 2.44. The Hall–Kier alpha value is -2.25. The van der Waals surface area contributed by atoms with Gasteiger partial charge in [0.25, 0.3) is 5.91 Å². The quantitative estimate of drug-likeness (QED) is 0.806. The fourth-order valence-corrected chi connectivity index (χ4v) is 4.26. The highest BCUT2D eigenvalue weighted by Crippen LogP contribution is 2.39. The smallest absolute Gasteiger partial charge is 0.257 e. The van der Waals surface area contributed by atoms with Crippen molar-refractivity contribution >= 4 is 5.91 Å². The Morgan fingerprint density at radius 1 is 1.30 bits per heavy atom. The SMILES string of the molecule is CCn1cc(C(=O)N2CCC(N3C[C@H](OC)[C@@H]3c3cccnc3)CC2)cn1. The first-order chi connectivity index (χ1) is 13.2. The lowest BCUT2D eigenvalue weighted by Gasteiger charge is -2.52. The van der Waals surface area contributed by atoms with Gasteiger partial charge in [0.05, 0.1) is 23.9 Å². The van der Waals surface area contributed by atoms with Gasteiger partial charge in [0.15, 0.2) is 0 Å². The van der Waals surface area contributed by atoms with Gasteiger partial charge < -0.3 is 9.64 Å². The maximum atomic E-state index is 12.7. The number of piperidine rings is 1. The molecule has 0 spiro atoms. The van der Waals surface area contributed by atoms with Gasteiger partial charge in [-0.15, -0.1) is 0 Å². The number of hydrogen-bond donors (Lipinski definition) is 0. The first-order valence-corrected chi connectivity index (χ1v) is 9.71. The molecule has 2 fully saturated rings. The molecule has 7 heteroatoms. The van der Waals surface area contributed by atoms with E-state index in [0.717, 1.165) is 39.0 Å². The lowest BCUT2D eigenvalue weighted by molar-refractivity contribution is -0.115. The molecule has 144 valence electrons. The summed E-state index contributed by atoms with van der Waals surface area (Å²) in [5.74, 6) is 0.0929. The van der Waals surface area contributed by atoms with Crippen LogP contribution >= 0.6 is 0 Å². The van der Waals surface area contributed by atoms with E-state index in [9.17, 15) is 4.79 Å². The molecule has 0 aliphatic carbocycles. The second-order valence-electron chi connectivity index (χ2n) is 7.31. The van der Waals surface area contributed by atoms with Gasteiger partial charge in [-0.2, -0.15) is 5.10 Å². The molecule has 0 bridgehead atoms. The maximum absolute atomic E-state index is 12.7. The molecule has 2 aliphatic heterocycles. The molecule has 0 aromatic carbocycles. The van der Waals surface area contributed by atoms with Crippen molar-refractivity contribution in [2.24, 2.45) is 0 Å². The molecular weight excluding hydrogens is 342 g/mol. The van der Waals surface area contributed by atoms with Gasteiger partial charge >= 0.3 is 0 Å². The van der Waals surface area contributed by atoms with Crippen LogP contribution in [-0.2, 0) is 11.3 Å². The maximum Gasteiger partial charge on any atom is 0.257 e. The summed E-state index contributed by atoms with van der Waals surface area (Å²) in [6.45, 7) is 5.31. The number of ether oxygens (including phenoxy) is 1. The Morgan fingerprint density at radius 3 is 2.74 bits per heavy atom. The molecule has 2 aromatic heterocycles. The molecule has 0 unspecified atom stereocenters. The van der Waals surface area contributed by atoms with Gasteiger partial charge in [0.1, 0.15) is 0 Å². The number of hydrogen-bond acceptors (Lipinski definition) is 5. The van der Waals surface area contributed by atoms with Crippen molar-refractivity contribution < 1.29 is 9.53 Å². The molecule has 0 radical (unpaired) electrons. The van der Waals surface area contributed by atoms with Crippen LogP contribution in [0.5, 0.6) is 0 Å². The molecule has 0 saturated carbocycles. The largest absolute Gasteiger partial charge is 0.378 e. The van der Waals surface area contributed by atoms with Gasteiger partial charge in [-0.05, 0) is 31.4 Å². The summed E-state index contributed by atoms with van der Waals surface area (Å²) in [5.41, 5.74) is 1.90. The number of pyridine rings is 1. The third-order valence-electron chi connectivity index (χ3n) is 5.85. The highest BCUT2D eigenvalue weighted by molar-refractivity contribution is 5.93. The monoisotopic (exact) mass is 369 g/mol. The molecule has 4 rings (SSSR count). The molecule has 2 aromatic rings. The first kappa shape index (κ1) is 18.1. The Kier molecular flexibility index (Phi) is 5.22. The Balaban J connectivity index is 1.38. The number of aromatic nitrogens is 3. The Bertz CT molecular complexity index is 770. The van der Waals surface area contributed by atoms with E-state index < -0.39 is 0 Å². The topological polar surface area (TPSA) is 63.5 Å². The van der Waals surface area contributed by atoms with Crippen molar-refractivity contribution in [3.63, 3.8) is 0 Å². The lowest BCUT2D eigenvalue weighted by atomic mass is 9.87. The molecule has 0 N–H and O–H groups in total. The molecule has 7 nitrogen and oxygen atoms in total. The molecular formula is C20H27N5O2. The summed E-state index contributed by atoms with van der Waals surface area (Å²) in [5, 5.41) is 4.22. The van der Waals surface area contributed by atoms with Crippen LogP contribution in [0.2, 0.25) is 0 Å². The summed E-state index contributed by atoms with van der Waals surface area (Å²) < 4.78 is 7.46. The summed E-state index contributed by atoms with van der Waals surface area (Å²) in [6.07, 6.45) is 9.45. The molecule has 1 amide bonds. The van der Waals surface area contributed by atoms with Crippen molar-refractivity contribution in [1.29, 1.82) is 0 Å². The van der Waals surface area contributed by atoms with E-state index >= 15 is 0 Å². The number of likely N-dealkylation sites (tertiary alicyclic amines) is 2. The Morgan fingerprint density at radius 2 is 2.11 bits per heavy atom. The second-order valence-corrected chi connectivity index (χ2v) is 7.31. The average Bonchev–Trinajstić information content (AvgIpc) is 3.18. The van der Waals surface area contributed by atoms with Gasteiger partial charge in [-0.25, -0.2) is 0 Å². The predicted molar refractivity (Wildman–Crippen MR) is 101 cm³/mol. The molecule has 2 saturated heterocycles. The molecule has 27 heavy (non-hydrogen) atoms. The van der Waals surface area contributed by atoms with Crippen LogP contribution in [0.3, 0.4) is 0 Å². The van der Waals surface area contributed by atoms with Crippen LogP contribution in [0.25, 0.3) is 0 Å². The van der Waals surface area contributed by atoms with E-state index in [1.165, 1.54) is 5.56 Å². The number of rotatable bonds is 5. The van der Waals surface area contributed by atoms with Crippen LogP contribution in [-0.4, -0.2) is 69.4 Å². The predicted octanol–water partition coefficient (Wildman–Crippen LogP) is 1.97. The summed E-state index contributed by atoms with van der Waals surface area (Å²) in [7, 11) is 1.78. The van der Waals surface area contributed by atoms with Crippen LogP contribution in [0, 0.1) is 0 Å². The summed E-state index contributed by atoms with van der Waals surface area (Å²) >= 11 is 0. The summed E-state index contributed by atoms with van der Waals surface area (Å²) in [4.78, 5) is 21.4. The minimum Gasteiger partial charge on any atom is -0.378 e. The standard InChI is InChI=1S/C20H27N5O2/c1-3-24-13-16(12-22-24)20(26)23-9-6-17(7-10-23)25-14-18(27-2)19(25)15-5-4-8-21-11-15/h4-5,8,11-13,17-19H,3,6-7,9-10,14H2,1-2H3/t18-,19-/m0/s1. The van der Waals surface area contributed by atoms with Crippen molar-refractivity contribution in [2.45, 2.75) is 44.5 Å². The number of nitrogens with zero attached hydrogens (tertiary/aromatic N) is 5. The van der Waals surface area contributed by atoms with Crippen molar-refractivity contribution in [3.05, 3.63) is 48.0 Å². The van der Waals surface area contributed by atoms with Crippen molar-refractivity contribution in [3.8, 4) is 0 Å². The molecule has 2 aliphatic rings. The number of aryl methyl sites for hydroxylation is 1. The fourth-order valence-electron chi connectivity index (χ4n) is 4.26. The van der Waals surface area contributed by atoms with E-state index in [2.05, 4.69) is 21.0 Å². The second kappa shape index (κ2) is 7.78. The highest BCUT2D eigenvalue weighted by atomic mass is 16.5. The number of methoxy groups -OCH3 is 1.